The van der Waals surface area contributed by atoms with Gasteiger partial charge in [-0.25, -0.2) is 0 Å². The van der Waals surface area contributed by atoms with Gasteiger partial charge in [0, 0.05) is 20.0 Å². The van der Waals surface area contributed by atoms with Crippen molar-refractivity contribution in [2.24, 2.45) is 11.8 Å². The standard InChI is InChI=1S/C14H29OS/c1-13(2)8-6-5-7-9-14(12-15-3)10-11-16-4/h13-14H,4-12H2,1-3H3/t14-/m0/s1. The van der Waals surface area contributed by atoms with Gasteiger partial charge in [-0.15, -0.1) is 0 Å². The summed E-state index contributed by atoms with van der Waals surface area (Å²) < 4.78 is 5.27. The topological polar surface area (TPSA) is 9.23 Å². The average molecular weight is 245 g/mol. The first-order chi connectivity index (χ1) is 7.70. The lowest BCUT2D eigenvalue weighted by atomic mass is 9.97. The summed E-state index contributed by atoms with van der Waals surface area (Å²) in [7, 11) is 1.81. The first kappa shape index (κ1) is 16.3. The number of unbranched alkanes of at least 4 members (excludes halogenated alkanes) is 2. The molecule has 0 saturated heterocycles. The molecule has 97 valence electrons. The summed E-state index contributed by atoms with van der Waals surface area (Å²) in [5.41, 5.74) is 0. The Labute approximate surface area is 107 Å². The number of hydrogen-bond acceptors (Lipinski definition) is 2. The lowest BCUT2D eigenvalue weighted by Gasteiger charge is -2.15. The van der Waals surface area contributed by atoms with Gasteiger partial charge in [-0.1, -0.05) is 39.5 Å². The lowest BCUT2D eigenvalue weighted by molar-refractivity contribution is 0.144. The van der Waals surface area contributed by atoms with Crippen LogP contribution in [0.2, 0.25) is 0 Å². The molecular formula is C14H29OS. The normalized spacial score (nSPS) is 13.3. The lowest BCUT2D eigenvalue weighted by Crippen LogP contribution is -2.09. The fourth-order valence-corrected chi connectivity index (χ4v) is 2.46. The van der Waals surface area contributed by atoms with E-state index in [0.717, 1.165) is 18.4 Å². The zero-order valence-corrected chi connectivity index (χ0v) is 12.2. The molecule has 0 rings (SSSR count). The van der Waals surface area contributed by atoms with E-state index in [4.69, 9.17) is 4.74 Å². The van der Waals surface area contributed by atoms with Gasteiger partial charge >= 0.3 is 0 Å². The van der Waals surface area contributed by atoms with Crippen LogP contribution in [0, 0.1) is 18.1 Å². The van der Waals surface area contributed by atoms with Crippen molar-refractivity contribution < 1.29 is 4.74 Å². The van der Waals surface area contributed by atoms with Gasteiger partial charge in [-0.2, -0.15) is 11.8 Å². The van der Waals surface area contributed by atoms with Gasteiger partial charge < -0.3 is 4.74 Å². The van der Waals surface area contributed by atoms with Gasteiger partial charge in [0.15, 0.2) is 0 Å². The zero-order chi connectivity index (χ0) is 12.2. The highest BCUT2D eigenvalue weighted by Gasteiger charge is 2.07. The Morgan fingerprint density at radius 1 is 1.06 bits per heavy atom. The summed E-state index contributed by atoms with van der Waals surface area (Å²) in [6.07, 6.45) is 11.9. The minimum absolute atomic E-state index is 0.748. The highest BCUT2D eigenvalue weighted by Crippen LogP contribution is 2.18. The SMILES string of the molecule is [CH2]SCC[C@H](CCCCCC(C)C)COC. The highest BCUT2D eigenvalue weighted by atomic mass is 32.2. The third-order valence-corrected chi connectivity index (χ3v) is 3.49. The molecule has 0 fully saturated rings. The summed E-state index contributed by atoms with van der Waals surface area (Å²) in [6.45, 7) is 5.53. The molecule has 1 atom stereocenters. The number of thioether (sulfide) groups is 1. The molecule has 0 spiro atoms. The van der Waals surface area contributed by atoms with Crippen LogP contribution >= 0.6 is 11.8 Å². The molecule has 2 heteroatoms. The van der Waals surface area contributed by atoms with Gasteiger partial charge in [-0.05, 0) is 30.4 Å². The Balaban J connectivity index is 3.43. The molecule has 0 heterocycles. The van der Waals surface area contributed by atoms with Crippen molar-refractivity contribution in [3.05, 3.63) is 6.26 Å². The summed E-state index contributed by atoms with van der Waals surface area (Å²) >= 11 is 1.70. The van der Waals surface area contributed by atoms with Crippen molar-refractivity contribution in [3.8, 4) is 0 Å². The van der Waals surface area contributed by atoms with Crippen LogP contribution in [0.25, 0.3) is 0 Å². The summed E-state index contributed by atoms with van der Waals surface area (Å²) in [5, 5.41) is 0. The van der Waals surface area contributed by atoms with Crippen molar-refractivity contribution in [2.45, 2.75) is 52.4 Å². The van der Waals surface area contributed by atoms with Gasteiger partial charge in [-0.3, -0.25) is 0 Å². The second-order valence-corrected chi connectivity index (χ2v) is 5.87. The molecule has 0 N–H and O–H groups in total. The van der Waals surface area contributed by atoms with Gasteiger partial charge in [0.1, 0.15) is 0 Å². The van der Waals surface area contributed by atoms with Gasteiger partial charge in [0.05, 0.1) is 0 Å². The predicted octanol–water partition coefficient (Wildman–Crippen LogP) is 4.77. The summed E-state index contributed by atoms with van der Waals surface area (Å²) in [5.74, 6) is 2.77. The Kier molecular flexibility index (Phi) is 12.0. The Morgan fingerprint density at radius 3 is 2.31 bits per heavy atom. The number of hydrogen-bond donors (Lipinski definition) is 0. The summed E-state index contributed by atoms with van der Waals surface area (Å²) in [6, 6.07) is 0. The van der Waals surface area contributed by atoms with E-state index >= 15 is 0 Å². The second kappa shape index (κ2) is 11.8. The largest absolute Gasteiger partial charge is 0.384 e. The number of ether oxygens (including phenoxy) is 1. The fourth-order valence-electron chi connectivity index (χ4n) is 1.96. The van der Waals surface area contributed by atoms with Crippen LogP contribution in [0.1, 0.15) is 52.4 Å². The summed E-state index contributed by atoms with van der Waals surface area (Å²) in [4.78, 5) is 0. The monoisotopic (exact) mass is 245 g/mol. The maximum atomic E-state index is 5.27. The fraction of sp³-hybridized carbons (Fsp3) is 0.929. The van der Waals surface area contributed by atoms with Crippen LogP contribution in [0.4, 0.5) is 0 Å². The molecular weight excluding hydrogens is 216 g/mol. The minimum Gasteiger partial charge on any atom is -0.384 e. The maximum Gasteiger partial charge on any atom is 0.0490 e. The van der Waals surface area contributed by atoms with E-state index in [1.165, 1.54) is 44.3 Å². The number of methoxy groups -OCH3 is 1. The van der Waals surface area contributed by atoms with E-state index in [2.05, 4.69) is 20.1 Å². The third kappa shape index (κ3) is 10.8. The van der Waals surface area contributed by atoms with Crippen LogP contribution in [-0.4, -0.2) is 19.5 Å². The van der Waals surface area contributed by atoms with Crippen molar-refractivity contribution in [3.63, 3.8) is 0 Å². The second-order valence-electron chi connectivity index (χ2n) is 5.05. The van der Waals surface area contributed by atoms with Crippen molar-refractivity contribution in [1.82, 2.24) is 0 Å². The van der Waals surface area contributed by atoms with Crippen LogP contribution in [0.5, 0.6) is 0 Å². The van der Waals surface area contributed by atoms with Crippen molar-refractivity contribution in [2.75, 3.05) is 19.5 Å². The van der Waals surface area contributed by atoms with Crippen molar-refractivity contribution in [1.29, 1.82) is 0 Å². The average Bonchev–Trinajstić information content (AvgIpc) is 2.24. The smallest absolute Gasteiger partial charge is 0.0490 e. The highest BCUT2D eigenvalue weighted by molar-refractivity contribution is 8.00. The van der Waals surface area contributed by atoms with E-state index in [0.29, 0.717) is 0 Å². The Hall–Kier alpha value is 0.310. The molecule has 0 aliphatic heterocycles. The van der Waals surface area contributed by atoms with E-state index < -0.39 is 0 Å². The molecule has 1 radical (unpaired) electrons. The Bertz CT molecular complexity index is 137. The molecule has 0 aromatic rings. The van der Waals surface area contributed by atoms with E-state index in [1.54, 1.807) is 11.8 Å². The first-order valence-corrected chi connectivity index (χ1v) is 7.72. The number of rotatable bonds is 11. The minimum atomic E-state index is 0.748. The molecule has 0 aromatic carbocycles. The molecule has 0 aromatic heterocycles. The first-order valence-electron chi connectivity index (χ1n) is 6.56. The van der Waals surface area contributed by atoms with Crippen LogP contribution in [-0.2, 0) is 4.74 Å². The van der Waals surface area contributed by atoms with Gasteiger partial charge in [0.25, 0.3) is 0 Å². The van der Waals surface area contributed by atoms with Crippen molar-refractivity contribution >= 4 is 11.8 Å². The molecule has 0 aliphatic rings. The van der Waals surface area contributed by atoms with Crippen LogP contribution in [0.15, 0.2) is 0 Å². The molecule has 0 amide bonds. The molecule has 1 nitrogen and oxygen atoms in total. The third-order valence-electron chi connectivity index (χ3n) is 2.97. The molecule has 0 bridgehead atoms. The van der Waals surface area contributed by atoms with Crippen LogP contribution < -0.4 is 0 Å². The predicted molar refractivity (Wildman–Crippen MR) is 75.7 cm³/mol. The van der Waals surface area contributed by atoms with Gasteiger partial charge in [0.2, 0.25) is 0 Å². The zero-order valence-electron chi connectivity index (χ0n) is 11.3. The van der Waals surface area contributed by atoms with E-state index in [9.17, 15) is 0 Å². The van der Waals surface area contributed by atoms with Crippen LogP contribution in [0.3, 0.4) is 0 Å². The van der Waals surface area contributed by atoms with E-state index in [-0.39, 0.29) is 0 Å². The molecule has 0 aliphatic carbocycles. The Morgan fingerprint density at radius 2 is 1.75 bits per heavy atom. The molecule has 16 heavy (non-hydrogen) atoms. The molecule has 0 unspecified atom stereocenters. The molecule has 0 saturated carbocycles. The maximum absolute atomic E-state index is 5.27. The quantitative estimate of drug-likeness (QED) is 0.485. The van der Waals surface area contributed by atoms with E-state index in [1.807, 2.05) is 7.11 Å².